The molecular weight excluding hydrogens is 198 g/mol. The lowest BCUT2D eigenvalue weighted by Crippen LogP contribution is -2.39. The summed E-state index contributed by atoms with van der Waals surface area (Å²) in [6, 6.07) is -0.0414. The Hall–Kier alpha value is 0.805. The van der Waals surface area contributed by atoms with Crippen molar-refractivity contribution in [3.05, 3.63) is 0 Å². The highest BCUT2D eigenvalue weighted by molar-refractivity contribution is 8.00. The summed E-state index contributed by atoms with van der Waals surface area (Å²) in [5, 5.41) is 0.513. The first-order valence-electron chi connectivity index (χ1n) is 4.98. The summed E-state index contributed by atoms with van der Waals surface area (Å²) in [4.78, 5) is 0. The lowest BCUT2D eigenvalue weighted by Gasteiger charge is -2.36. The van der Waals surface area contributed by atoms with Crippen molar-refractivity contribution in [1.82, 2.24) is 0 Å². The first-order chi connectivity index (χ1) is 6.29. The van der Waals surface area contributed by atoms with Gasteiger partial charge >= 0.3 is 0 Å². The average Bonchev–Trinajstić information content (AvgIpc) is 2.15. The second-order valence-electron chi connectivity index (χ2n) is 3.42. The van der Waals surface area contributed by atoms with Crippen molar-refractivity contribution in [2.45, 2.75) is 31.0 Å². The molecule has 0 aromatic rings. The zero-order chi connectivity index (χ0) is 9.68. The summed E-state index contributed by atoms with van der Waals surface area (Å²) >= 11 is 1.97. The van der Waals surface area contributed by atoms with Gasteiger partial charge in [-0.1, -0.05) is 13.3 Å². The highest BCUT2D eigenvalue weighted by Crippen LogP contribution is 2.32. The maximum Gasteiger partial charge on any atom is 0.110 e. The van der Waals surface area contributed by atoms with Crippen LogP contribution in [0.1, 0.15) is 19.8 Å². The van der Waals surface area contributed by atoms with Crippen LogP contribution in [0.4, 0.5) is 0 Å². The van der Waals surface area contributed by atoms with E-state index < -0.39 is 0 Å². The third-order valence-corrected chi connectivity index (χ3v) is 4.76. The highest BCUT2D eigenvalue weighted by Gasteiger charge is 2.29. The molecule has 4 heteroatoms. The van der Waals surface area contributed by atoms with Crippen molar-refractivity contribution < 1.29 is 4.74 Å². The van der Waals surface area contributed by atoms with Gasteiger partial charge in [0, 0.05) is 17.9 Å². The van der Waals surface area contributed by atoms with E-state index in [0.29, 0.717) is 5.25 Å². The molecule has 1 aliphatic heterocycles. The fraction of sp³-hybridized carbons (Fsp3) is 1.00. The molecule has 0 amide bonds. The zero-order valence-corrected chi connectivity index (χ0v) is 10.2. The van der Waals surface area contributed by atoms with Crippen LogP contribution in [0.5, 0.6) is 0 Å². The number of hydrogen-bond donors (Lipinski definition) is 0. The maximum absolute atomic E-state index is 5.94. The Morgan fingerprint density at radius 2 is 2.38 bits per heavy atom. The van der Waals surface area contributed by atoms with Gasteiger partial charge in [0.2, 0.25) is 0 Å². The van der Waals surface area contributed by atoms with Gasteiger partial charge in [-0.3, -0.25) is 0 Å². The van der Waals surface area contributed by atoms with Crippen LogP contribution in [0.15, 0.2) is 0 Å². The minimum absolute atomic E-state index is 0.0414. The summed E-state index contributed by atoms with van der Waals surface area (Å²) in [5.41, 5.74) is 0. The Bertz CT molecular complexity index is 148. The summed E-state index contributed by atoms with van der Waals surface area (Å²) in [7, 11) is 8.69. The van der Waals surface area contributed by atoms with Gasteiger partial charge in [0.15, 0.2) is 0 Å². The van der Waals surface area contributed by atoms with Gasteiger partial charge in [-0.05, 0) is 24.3 Å². The van der Waals surface area contributed by atoms with Gasteiger partial charge in [0.25, 0.3) is 0 Å². The molecule has 0 aromatic heterocycles. The lowest BCUT2D eigenvalue weighted by atomic mass is 9.84. The molecule has 1 aliphatic rings. The Morgan fingerprint density at radius 1 is 1.62 bits per heavy atom. The zero-order valence-electron chi connectivity index (χ0n) is 8.24. The van der Waals surface area contributed by atoms with E-state index in [4.69, 9.17) is 12.6 Å². The van der Waals surface area contributed by atoms with Crippen LogP contribution in [-0.2, 0) is 4.74 Å². The molecule has 0 bridgehead atoms. The molecule has 0 spiro atoms. The first-order valence-corrected chi connectivity index (χ1v) is 6.85. The van der Waals surface area contributed by atoms with Crippen LogP contribution < -0.4 is 0 Å². The molecule has 1 saturated heterocycles. The van der Waals surface area contributed by atoms with Crippen LogP contribution >= 0.6 is 21.0 Å². The molecule has 1 heterocycles. The molecule has 1 nitrogen and oxygen atoms in total. The normalized spacial score (nSPS) is 34.8. The molecule has 4 unspecified atom stereocenters. The van der Waals surface area contributed by atoms with E-state index in [1.54, 1.807) is 0 Å². The maximum atomic E-state index is 5.94. The quantitative estimate of drug-likeness (QED) is 0.524. The molecule has 0 N–H and O–H groups in total. The van der Waals surface area contributed by atoms with Gasteiger partial charge in [0.1, 0.15) is 7.85 Å². The molecule has 0 aromatic carbocycles. The minimum atomic E-state index is -0.0414. The molecule has 1 fully saturated rings. The fourth-order valence-electron chi connectivity index (χ4n) is 1.75. The van der Waals surface area contributed by atoms with E-state index in [2.05, 4.69) is 16.2 Å². The van der Waals surface area contributed by atoms with Gasteiger partial charge in [-0.2, -0.15) is 11.8 Å². The topological polar surface area (TPSA) is 9.23 Å². The van der Waals surface area contributed by atoms with E-state index in [-0.39, 0.29) is 6.00 Å². The third kappa shape index (κ3) is 3.45. The number of thioether (sulfide) groups is 1. The van der Waals surface area contributed by atoms with Crippen LogP contribution in [0.3, 0.4) is 0 Å². The van der Waals surface area contributed by atoms with Crippen molar-refractivity contribution in [3.63, 3.8) is 0 Å². The third-order valence-electron chi connectivity index (χ3n) is 2.54. The molecule has 1 rings (SSSR count). The summed E-state index contributed by atoms with van der Waals surface area (Å²) in [6.45, 7) is 3.09. The van der Waals surface area contributed by atoms with E-state index in [1.807, 2.05) is 11.8 Å². The Morgan fingerprint density at radius 3 is 3.00 bits per heavy atom. The Kier molecular flexibility index (Phi) is 5.77. The molecule has 0 saturated carbocycles. The van der Waals surface area contributed by atoms with Crippen molar-refractivity contribution in [2.75, 3.05) is 18.5 Å². The summed E-state index contributed by atoms with van der Waals surface area (Å²) < 4.78 is 5.47. The van der Waals surface area contributed by atoms with Gasteiger partial charge < -0.3 is 4.74 Å². The molecular formula is C9H18BOPS. The Labute approximate surface area is 89.4 Å². The predicted octanol–water partition coefficient (Wildman–Crippen LogP) is 1.90. The van der Waals surface area contributed by atoms with E-state index in [1.165, 1.54) is 18.6 Å². The lowest BCUT2D eigenvalue weighted by molar-refractivity contribution is 0.0439. The van der Waals surface area contributed by atoms with Crippen molar-refractivity contribution in [3.8, 4) is 0 Å². The van der Waals surface area contributed by atoms with Crippen molar-refractivity contribution >= 4 is 28.8 Å². The fourth-order valence-corrected chi connectivity index (χ4v) is 3.44. The Balaban J connectivity index is 2.41. The predicted molar refractivity (Wildman–Crippen MR) is 64.7 cm³/mol. The van der Waals surface area contributed by atoms with Crippen molar-refractivity contribution in [2.24, 2.45) is 5.92 Å². The van der Waals surface area contributed by atoms with Gasteiger partial charge in [-0.25, -0.2) is 0 Å². The van der Waals surface area contributed by atoms with Crippen LogP contribution in [0, 0.1) is 5.92 Å². The highest BCUT2D eigenvalue weighted by atomic mass is 32.2. The molecule has 4 atom stereocenters. The summed E-state index contributed by atoms with van der Waals surface area (Å²) in [6.07, 6.45) is 3.55. The van der Waals surface area contributed by atoms with Crippen LogP contribution in [-0.4, -0.2) is 37.6 Å². The number of hydrogen-bond acceptors (Lipinski definition) is 2. The average molecular weight is 216 g/mol. The van der Waals surface area contributed by atoms with Crippen LogP contribution in [0.2, 0.25) is 0 Å². The number of ether oxygens (including phenoxy) is 1. The molecule has 2 radical (unpaired) electrons. The van der Waals surface area contributed by atoms with E-state index in [0.717, 1.165) is 18.7 Å². The molecule has 74 valence electrons. The standard InChI is InChI=1S/C9H18BOPS/c1-2-7-3-4-11-9(10)8(7)13-6-5-12/h7-9H,2-6,12H2,1H3. The smallest absolute Gasteiger partial charge is 0.110 e. The summed E-state index contributed by atoms with van der Waals surface area (Å²) in [5.74, 6) is 1.92. The SMILES string of the molecule is [B]C1OCCC(CC)C1SCCP. The minimum Gasteiger partial charge on any atom is -0.387 e. The van der Waals surface area contributed by atoms with Gasteiger partial charge in [0.05, 0.1) is 0 Å². The van der Waals surface area contributed by atoms with Gasteiger partial charge in [-0.15, -0.1) is 9.24 Å². The van der Waals surface area contributed by atoms with Crippen molar-refractivity contribution in [1.29, 1.82) is 0 Å². The second-order valence-corrected chi connectivity index (χ2v) is 5.28. The first kappa shape index (κ1) is 11.9. The monoisotopic (exact) mass is 216 g/mol. The molecule has 13 heavy (non-hydrogen) atoms. The number of rotatable bonds is 4. The molecule has 0 aliphatic carbocycles. The van der Waals surface area contributed by atoms with E-state index >= 15 is 0 Å². The van der Waals surface area contributed by atoms with Crippen LogP contribution in [0.25, 0.3) is 0 Å². The largest absolute Gasteiger partial charge is 0.387 e. The van der Waals surface area contributed by atoms with E-state index in [9.17, 15) is 0 Å². The second kappa shape index (κ2) is 6.32.